The van der Waals surface area contributed by atoms with Crippen LogP contribution in [0.1, 0.15) is 0 Å². The van der Waals surface area contributed by atoms with Crippen molar-refractivity contribution in [3.05, 3.63) is 97.1 Å². The van der Waals surface area contributed by atoms with Crippen LogP contribution in [0, 0.1) is 0 Å². The third kappa shape index (κ3) is 10.4. The minimum atomic E-state index is -4.49. The molecule has 0 radical (unpaired) electrons. The number of rotatable bonds is 8. The fraction of sp³-hybridized carbons (Fsp3) is 0.0714. The second kappa shape index (κ2) is 13.7. The predicted octanol–water partition coefficient (Wildman–Crippen LogP) is 9.03. The van der Waals surface area contributed by atoms with Gasteiger partial charge in [0.25, 0.3) is 0 Å². The summed E-state index contributed by atoms with van der Waals surface area (Å²) in [5, 5.41) is 9.73. The highest BCUT2D eigenvalue weighted by atomic mass is 32.2. The van der Waals surface area contributed by atoms with Gasteiger partial charge in [-0.1, -0.05) is 12.1 Å². The molecule has 0 saturated heterocycles. The summed E-state index contributed by atoms with van der Waals surface area (Å²) >= 11 is -0.653. The largest absolute Gasteiger partial charge is 0.446 e. The Balaban J connectivity index is 1.34. The summed E-state index contributed by atoms with van der Waals surface area (Å²) in [6.45, 7) is 0. The normalized spacial score (nSPS) is 11.9. The molecule has 0 saturated carbocycles. The van der Waals surface area contributed by atoms with Crippen molar-refractivity contribution in [2.24, 2.45) is 0 Å². The molecular formula is C28H20F6N4O4S3. The Morgan fingerprint density at radius 3 is 1.18 bits per heavy atom. The van der Waals surface area contributed by atoms with Gasteiger partial charge in [0.05, 0.1) is 9.79 Å². The Labute approximate surface area is 260 Å². The number of sulfone groups is 1. The molecule has 0 aliphatic carbocycles. The quantitative estimate of drug-likeness (QED) is 0.109. The van der Waals surface area contributed by atoms with Gasteiger partial charge >= 0.3 is 23.1 Å². The van der Waals surface area contributed by atoms with E-state index in [9.17, 15) is 44.3 Å². The first-order chi connectivity index (χ1) is 21.1. The van der Waals surface area contributed by atoms with Crippen molar-refractivity contribution in [3.63, 3.8) is 0 Å². The molecule has 45 heavy (non-hydrogen) atoms. The Hall–Kier alpha value is -4.35. The fourth-order valence-corrected chi connectivity index (χ4v) is 6.16. The molecule has 0 aromatic heterocycles. The summed E-state index contributed by atoms with van der Waals surface area (Å²) in [4.78, 5) is 24.2. The van der Waals surface area contributed by atoms with E-state index in [0.717, 1.165) is 12.1 Å². The predicted molar refractivity (Wildman–Crippen MR) is 160 cm³/mol. The number of anilines is 4. The van der Waals surface area contributed by atoms with Gasteiger partial charge in [0.15, 0.2) is 0 Å². The van der Waals surface area contributed by atoms with Gasteiger partial charge < -0.3 is 21.3 Å². The van der Waals surface area contributed by atoms with Gasteiger partial charge in [0.2, 0.25) is 9.84 Å². The van der Waals surface area contributed by atoms with Gasteiger partial charge in [-0.25, -0.2) is 18.0 Å². The van der Waals surface area contributed by atoms with Crippen LogP contribution in [-0.4, -0.2) is 31.5 Å². The number of carbonyl (C=O) groups excluding carboxylic acids is 2. The molecule has 4 N–H and O–H groups in total. The molecule has 4 rings (SSSR count). The second-order valence-electron chi connectivity index (χ2n) is 8.86. The zero-order chi connectivity index (χ0) is 32.8. The minimum absolute atomic E-state index is 0.111. The highest BCUT2D eigenvalue weighted by Crippen LogP contribution is 2.38. The van der Waals surface area contributed by atoms with Crippen LogP contribution in [0.15, 0.2) is 117 Å². The van der Waals surface area contributed by atoms with Crippen LogP contribution >= 0.6 is 23.5 Å². The number of benzene rings is 4. The molecule has 4 amide bonds. The van der Waals surface area contributed by atoms with Crippen LogP contribution in [0.4, 0.5) is 58.7 Å². The molecule has 0 aliphatic heterocycles. The number of halogens is 6. The number of alkyl halides is 6. The molecular weight excluding hydrogens is 667 g/mol. The van der Waals surface area contributed by atoms with Gasteiger partial charge in [-0.05, 0) is 108 Å². The number of hydrogen-bond donors (Lipinski definition) is 4. The summed E-state index contributed by atoms with van der Waals surface area (Å²) in [6.07, 6.45) is 0. The van der Waals surface area contributed by atoms with Crippen LogP contribution in [0.25, 0.3) is 0 Å². The maximum Gasteiger partial charge on any atom is 0.446 e. The third-order valence-electron chi connectivity index (χ3n) is 5.50. The number of carbonyl (C=O) groups is 2. The lowest BCUT2D eigenvalue weighted by Gasteiger charge is -2.11. The molecule has 4 aromatic carbocycles. The molecule has 0 bridgehead atoms. The molecule has 0 aliphatic rings. The molecule has 8 nitrogen and oxygen atoms in total. The fourth-order valence-electron chi connectivity index (χ4n) is 3.70. The van der Waals surface area contributed by atoms with E-state index < -0.39 is 32.9 Å². The minimum Gasteiger partial charge on any atom is -0.308 e. The van der Waals surface area contributed by atoms with E-state index in [1.807, 2.05) is 0 Å². The van der Waals surface area contributed by atoms with Crippen LogP contribution in [0.5, 0.6) is 0 Å². The van der Waals surface area contributed by atoms with Crippen LogP contribution in [0.2, 0.25) is 0 Å². The molecule has 4 aromatic rings. The first kappa shape index (κ1) is 33.5. The molecule has 0 fully saturated rings. The van der Waals surface area contributed by atoms with Crippen molar-refractivity contribution in [1.82, 2.24) is 0 Å². The standard InChI is InChI=1S/C28H20F6N4O4S3/c29-27(30,31)43-21-5-1-3-19(15-21)37-25(39)35-17-7-11-23(12-8-17)45(41,42)24-13-9-18(10-14-24)36-26(40)38-20-4-2-6-22(16-20)44-28(32,33)34/h1-16H,(H2,35,37,39)(H2,36,38,40). The zero-order valence-corrected chi connectivity index (χ0v) is 24.8. The van der Waals surface area contributed by atoms with Crippen molar-refractivity contribution >= 4 is 68.2 Å². The van der Waals surface area contributed by atoms with E-state index in [0.29, 0.717) is 0 Å². The topological polar surface area (TPSA) is 116 Å². The molecule has 0 spiro atoms. The number of thioether (sulfide) groups is 2. The van der Waals surface area contributed by atoms with Gasteiger partial charge in [0, 0.05) is 32.5 Å². The van der Waals surface area contributed by atoms with Crippen LogP contribution < -0.4 is 21.3 Å². The number of hydrogen-bond acceptors (Lipinski definition) is 6. The van der Waals surface area contributed by atoms with Crippen LogP contribution in [-0.2, 0) is 9.84 Å². The van der Waals surface area contributed by atoms with Crippen molar-refractivity contribution in [1.29, 1.82) is 0 Å². The first-order valence-corrected chi connectivity index (χ1v) is 15.5. The molecule has 0 atom stereocenters. The average molecular weight is 687 g/mol. The zero-order valence-electron chi connectivity index (χ0n) is 22.4. The molecule has 17 heteroatoms. The van der Waals surface area contributed by atoms with Crippen molar-refractivity contribution < 1.29 is 44.3 Å². The van der Waals surface area contributed by atoms with Gasteiger partial charge in [-0.3, -0.25) is 0 Å². The smallest absolute Gasteiger partial charge is 0.308 e. The van der Waals surface area contributed by atoms with Crippen molar-refractivity contribution in [2.45, 2.75) is 30.6 Å². The Morgan fingerprint density at radius 2 is 0.844 bits per heavy atom. The van der Waals surface area contributed by atoms with E-state index in [4.69, 9.17) is 0 Å². The van der Waals surface area contributed by atoms with E-state index in [-0.39, 0.29) is 65.9 Å². The van der Waals surface area contributed by atoms with Gasteiger partial charge in [-0.2, -0.15) is 26.3 Å². The highest BCUT2D eigenvalue weighted by Gasteiger charge is 2.30. The summed E-state index contributed by atoms with van der Waals surface area (Å²) in [5.74, 6) is 0. The SMILES string of the molecule is O=C(Nc1ccc(S(=O)(=O)c2ccc(NC(=O)Nc3cccc(SC(F)(F)F)c3)cc2)cc1)Nc1cccc(SC(F)(F)F)c1. The molecule has 236 valence electrons. The molecule has 0 unspecified atom stereocenters. The Bertz CT molecular complexity index is 1660. The second-order valence-corrected chi connectivity index (χ2v) is 13.1. The third-order valence-corrected chi connectivity index (χ3v) is 8.72. The lowest BCUT2D eigenvalue weighted by atomic mass is 10.3. The van der Waals surface area contributed by atoms with E-state index in [2.05, 4.69) is 21.3 Å². The lowest BCUT2D eigenvalue weighted by molar-refractivity contribution is -0.0337. The van der Waals surface area contributed by atoms with E-state index >= 15 is 0 Å². The Kier molecular flexibility index (Phi) is 10.2. The summed E-state index contributed by atoms with van der Waals surface area (Å²) in [5.41, 5.74) is -8.33. The van der Waals surface area contributed by atoms with Crippen molar-refractivity contribution in [2.75, 3.05) is 21.3 Å². The first-order valence-electron chi connectivity index (χ1n) is 12.4. The maximum absolute atomic E-state index is 13.1. The maximum atomic E-state index is 13.1. The van der Waals surface area contributed by atoms with Crippen molar-refractivity contribution in [3.8, 4) is 0 Å². The van der Waals surface area contributed by atoms with E-state index in [1.165, 1.54) is 84.9 Å². The lowest BCUT2D eigenvalue weighted by Crippen LogP contribution is -2.19. The summed E-state index contributed by atoms with van der Waals surface area (Å²) in [6, 6.07) is 19.1. The van der Waals surface area contributed by atoms with Crippen LogP contribution in [0.3, 0.4) is 0 Å². The number of nitrogens with one attached hydrogen (secondary N) is 4. The number of urea groups is 2. The average Bonchev–Trinajstić information content (AvgIpc) is 2.92. The van der Waals surface area contributed by atoms with Gasteiger partial charge in [-0.15, -0.1) is 0 Å². The summed E-state index contributed by atoms with van der Waals surface area (Å²) in [7, 11) is -4.01. The highest BCUT2D eigenvalue weighted by molar-refractivity contribution is 8.00. The summed E-state index contributed by atoms with van der Waals surface area (Å²) < 4.78 is 102. The van der Waals surface area contributed by atoms with Gasteiger partial charge in [0.1, 0.15) is 0 Å². The molecule has 0 heterocycles. The Morgan fingerprint density at radius 1 is 0.511 bits per heavy atom. The monoisotopic (exact) mass is 686 g/mol. The van der Waals surface area contributed by atoms with E-state index in [1.54, 1.807) is 0 Å². The number of amides is 4.